The molecule has 0 spiro atoms. The highest BCUT2D eigenvalue weighted by Gasteiger charge is 2.41. The molecule has 1 aliphatic heterocycles. The van der Waals surface area contributed by atoms with Crippen LogP contribution in [-0.4, -0.2) is 47.0 Å². The van der Waals surface area contributed by atoms with Gasteiger partial charge in [-0.1, -0.05) is 25.1 Å². The Kier molecular flexibility index (Phi) is 5.13. The lowest BCUT2D eigenvalue weighted by Gasteiger charge is -2.27. The zero-order valence-electron chi connectivity index (χ0n) is 14.1. The first-order valence-corrected chi connectivity index (χ1v) is 9.42. The molecule has 2 atom stereocenters. The lowest BCUT2D eigenvalue weighted by Crippen LogP contribution is -2.39. The molecular weight excluding hydrogens is 327 g/mol. The molecule has 1 aliphatic carbocycles. The van der Waals surface area contributed by atoms with Crippen molar-refractivity contribution in [1.82, 2.24) is 9.80 Å². The first-order valence-electron chi connectivity index (χ1n) is 8.48. The minimum Gasteiger partial charge on any atom is -0.344 e. The number of amides is 2. The molecule has 24 heavy (non-hydrogen) atoms. The van der Waals surface area contributed by atoms with Crippen molar-refractivity contribution in [2.45, 2.75) is 36.8 Å². The van der Waals surface area contributed by atoms with Crippen LogP contribution in [-0.2, 0) is 9.59 Å². The van der Waals surface area contributed by atoms with E-state index >= 15 is 0 Å². The molecule has 0 aromatic heterocycles. The molecule has 3 rings (SSSR count). The number of hydrogen-bond acceptors (Lipinski definition) is 3. The number of halogens is 1. The maximum atomic E-state index is 14.2. The number of carbonyl (C=O) groups is 2. The van der Waals surface area contributed by atoms with Gasteiger partial charge in [0.25, 0.3) is 0 Å². The smallest absolute Gasteiger partial charge is 0.237 e. The van der Waals surface area contributed by atoms with Gasteiger partial charge in [0.05, 0.1) is 5.25 Å². The van der Waals surface area contributed by atoms with Crippen molar-refractivity contribution in [3.05, 3.63) is 35.6 Å². The van der Waals surface area contributed by atoms with E-state index in [0.717, 1.165) is 19.3 Å². The molecular formula is C18H23FN2O2S. The van der Waals surface area contributed by atoms with Crippen LogP contribution in [0.5, 0.6) is 0 Å². The molecule has 2 fully saturated rings. The molecule has 0 radical (unpaired) electrons. The predicted molar refractivity (Wildman–Crippen MR) is 92.9 cm³/mol. The lowest BCUT2D eigenvalue weighted by atomic mass is 10.2. The van der Waals surface area contributed by atoms with E-state index in [1.165, 1.54) is 17.8 Å². The summed E-state index contributed by atoms with van der Waals surface area (Å²) < 4.78 is 14.2. The van der Waals surface area contributed by atoms with Crippen molar-refractivity contribution >= 4 is 23.6 Å². The van der Waals surface area contributed by atoms with Gasteiger partial charge >= 0.3 is 0 Å². The summed E-state index contributed by atoms with van der Waals surface area (Å²) in [6.45, 7) is 2.90. The Labute approximate surface area is 146 Å². The van der Waals surface area contributed by atoms with Crippen molar-refractivity contribution in [3.63, 3.8) is 0 Å². The number of benzene rings is 1. The van der Waals surface area contributed by atoms with Crippen molar-refractivity contribution in [2.75, 3.05) is 20.1 Å². The van der Waals surface area contributed by atoms with Gasteiger partial charge in [-0.05, 0) is 25.3 Å². The maximum Gasteiger partial charge on any atom is 0.237 e. The Morgan fingerprint density at radius 1 is 1.38 bits per heavy atom. The normalized spacial score (nSPS) is 23.6. The van der Waals surface area contributed by atoms with Gasteiger partial charge in [-0.25, -0.2) is 4.39 Å². The Hall–Kier alpha value is -1.56. The summed E-state index contributed by atoms with van der Waals surface area (Å²) in [4.78, 5) is 28.1. The summed E-state index contributed by atoms with van der Waals surface area (Å²) >= 11 is 1.51. The Morgan fingerprint density at radius 2 is 2.08 bits per heavy atom. The summed E-state index contributed by atoms with van der Waals surface area (Å²) in [6.07, 6.45) is 2.66. The quantitative estimate of drug-likeness (QED) is 0.792. The van der Waals surface area contributed by atoms with E-state index in [-0.39, 0.29) is 34.2 Å². The topological polar surface area (TPSA) is 40.6 Å². The predicted octanol–water partition coefficient (Wildman–Crippen LogP) is 3.05. The molecule has 2 aliphatic rings. The first-order chi connectivity index (χ1) is 11.5. The molecule has 1 saturated carbocycles. The summed E-state index contributed by atoms with van der Waals surface area (Å²) in [6, 6.07) is 6.62. The highest BCUT2D eigenvalue weighted by molar-refractivity contribution is 8.01. The number of thioether (sulfide) groups is 1. The first kappa shape index (κ1) is 17.3. The third kappa shape index (κ3) is 3.43. The van der Waals surface area contributed by atoms with Crippen LogP contribution in [0.25, 0.3) is 0 Å². The molecule has 2 unspecified atom stereocenters. The summed E-state index contributed by atoms with van der Waals surface area (Å²) in [5.74, 6) is 0.0863. The fourth-order valence-electron chi connectivity index (χ4n) is 3.01. The van der Waals surface area contributed by atoms with Crippen LogP contribution in [0.3, 0.4) is 0 Å². The highest BCUT2D eigenvalue weighted by atomic mass is 32.2. The second-order valence-corrected chi connectivity index (χ2v) is 7.76. The van der Waals surface area contributed by atoms with E-state index in [2.05, 4.69) is 0 Å². The number of hydrogen-bond donors (Lipinski definition) is 0. The summed E-state index contributed by atoms with van der Waals surface area (Å²) in [5.41, 5.74) is 0.544. The molecule has 1 saturated heterocycles. The van der Waals surface area contributed by atoms with E-state index < -0.39 is 0 Å². The molecule has 130 valence electrons. The second kappa shape index (κ2) is 7.13. The zero-order valence-corrected chi connectivity index (χ0v) is 14.9. The van der Waals surface area contributed by atoms with Gasteiger partial charge in [0, 0.05) is 31.6 Å². The molecule has 6 heteroatoms. The zero-order chi connectivity index (χ0) is 17.3. The standard InChI is InChI=1S/C18H23FN2O2S/c1-3-15-17(23)21(11-10-20(2)16(22)12-8-9-12)18(24-15)13-6-4-5-7-14(13)19/h4-7,12,15,18H,3,8-11H2,1-2H3. The monoisotopic (exact) mass is 350 g/mol. The van der Waals surface area contributed by atoms with E-state index in [9.17, 15) is 14.0 Å². The van der Waals surface area contributed by atoms with Gasteiger partial charge in [0.15, 0.2) is 0 Å². The fourth-order valence-corrected chi connectivity index (χ4v) is 4.46. The minimum absolute atomic E-state index is 0.0445. The summed E-state index contributed by atoms with van der Waals surface area (Å²) in [7, 11) is 1.78. The number of rotatable bonds is 6. The summed E-state index contributed by atoms with van der Waals surface area (Å²) in [5, 5.41) is -0.452. The van der Waals surface area contributed by atoms with E-state index in [4.69, 9.17) is 0 Å². The number of carbonyl (C=O) groups excluding carboxylic acids is 2. The molecule has 4 nitrogen and oxygen atoms in total. The largest absolute Gasteiger partial charge is 0.344 e. The molecule has 0 N–H and O–H groups in total. The third-order valence-corrected chi connectivity index (χ3v) is 6.29. The molecule has 1 aromatic rings. The molecule has 2 amide bonds. The van der Waals surface area contributed by atoms with Crippen LogP contribution in [0.15, 0.2) is 24.3 Å². The second-order valence-electron chi connectivity index (χ2n) is 6.47. The van der Waals surface area contributed by atoms with E-state index in [1.807, 2.05) is 6.92 Å². The van der Waals surface area contributed by atoms with Gasteiger partial charge in [-0.2, -0.15) is 0 Å². The van der Waals surface area contributed by atoms with Gasteiger partial charge in [-0.15, -0.1) is 11.8 Å². The number of likely N-dealkylation sites (N-methyl/N-ethyl adjacent to an activating group) is 1. The van der Waals surface area contributed by atoms with E-state index in [1.54, 1.807) is 35.0 Å². The van der Waals surface area contributed by atoms with Crippen molar-refractivity contribution in [3.8, 4) is 0 Å². The third-order valence-electron chi connectivity index (χ3n) is 4.66. The molecule has 0 bridgehead atoms. The van der Waals surface area contributed by atoms with Crippen LogP contribution < -0.4 is 0 Å². The highest BCUT2D eigenvalue weighted by Crippen LogP contribution is 2.44. The molecule has 1 aromatic carbocycles. The fraction of sp³-hybridized carbons (Fsp3) is 0.556. The Morgan fingerprint density at radius 3 is 2.71 bits per heavy atom. The molecule has 1 heterocycles. The van der Waals surface area contributed by atoms with E-state index in [0.29, 0.717) is 18.7 Å². The van der Waals surface area contributed by atoms with Gasteiger partial charge in [0.1, 0.15) is 11.2 Å². The van der Waals surface area contributed by atoms with Crippen LogP contribution in [0.4, 0.5) is 4.39 Å². The lowest BCUT2D eigenvalue weighted by molar-refractivity contribution is -0.134. The Balaban J connectivity index is 1.73. The average molecular weight is 350 g/mol. The maximum absolute atomic E-state index is 14.2. The van der Waals surface area contributed by atoms with Crippen LogP contribution in [0.1, 0.15) is 37.1 Å². The van der Waals surface area contributed by atoms with Gasteiger partial charge in [-0.3, -0.25) is 9.59 Å². The van der Waals surface area contributed by atoms with Crippen molar-refractivity contribution in [2.24, 2.45) is 5.92 Å². The SMILES string of the molecule is CCC1SC(c2ccccc2F)N(CCN(C)C(=O)C2CC2)C1=O. The van der Waals surface area contributed by atoms with Gasteiger partial charge < -0.3 is 9.80 Å². The van der Waals surface area contributed by atoms with Crippen LogP contribution in [0.2, 0.25) is 0 Å². The van der Waals surface area contributed by atoms with Crippen LogP contribution >= 0.6 is 11.8 Å². The minimum atomic E-state index is -0.312. The average Bonchev–Trinajstić information content (AvgIpc) is 3.37. The Bertz CT molecular complexity index is 635. The van der Waals surface area contributed by atoms with Gasteiger partial charge in [0.2, 0.25) is 11.8 Å². The van der Waals surface area contributed by atoms with Crippen LogP contribution in [0, 0.1) is 11.7 Å². The van der Waals surface area contributed by atoms with Crippen molar-refractivity contribution < 1.29 is 14.0 Å². The number of nitrogens with zero attached hydrogens (tertiary/aromatic N) is 2. The van der Waals surface area contributed by atoms with Crippen molar-refractivity contribution in [1.29, 1.82) is 0 Å².